The van der Waals surface area contributed by atoms with E-state index in [2.05, 4.69) is 20.8 Å². The number of carbonyl (C=O) groups excluding carboxylic acids is 1. The highest BCUT2D eigenvalue weighted by atomic mass is 16.8. The van der Waals surface area contributed by atoms with Crippen molar-refractivity contribution in [2.45, 2.75) is 12.7 Å². The Hall–Kier alpha value is -1.72. The molecule has 0 rings (SSSR count). The van der Waals surface area contributed by atoms with Crippen LogP contribution in [0.5, 0.6) is 0 Å². The van der Waals surface area contributed by atoms with Gasteiger partial charge in [-0.3, -0.25) is 0 Å². The van der Waals surface area contributed by atoms with Gasteiger partial charge in [-0.25, -0.2) is 9.59 Å². The van der Waals surface area contributed by atoms with E-state index in [4.69, 9.17) is 5.11 Å². The number of hydrogen-bond donors (Lipinski definition) is 1. The fraction of sp³-hybridized carbons (Fsp3) is 0.429. The van der Waals surface area contributed by atoms with Gasteiger partial charge in [-0.2, -0.15) is 0 Å². The molecule has 1 atom stereocenters. The minimum atomic E-state index is -1.72. The van der Waals surface area contributed by atoms with Gasteiger partial charge in [-0.05, 0) is 6.08 Å². The molecule has 0 heterocycles. The lowest BCUT2D eigenvalue weighted by Gasteiger charge is -2.22. The molecule has 1 N–H and O–H groups in total. The summed E-state index contributed by atoms with van der Waals surface area (Å²) in [5.41, 5.74) is 0. The predicted molar refractivity (Wildman–Crippen MR) is 41.2 cm³/mol. The smallest absolute Gasteiger partial charge is 0.450 e. The number of rotatable bonds is 3. The number of methoxy groups -OCH3 is 1. The first kappa shape index (κ1) is 11.3. The molecule has 0 bridgehead atoms. The van der Waals surface area contributed by atoms with Crippen LogP contribution < -0.4 is 0 Å². The maximum Gasteiger partial charge on any atom is 0.511 e. The quantitative estimate of drug-likeness (QED) is 0.411. The Bertz CT molecular complexity index is 223. The van der Waals surface area contributed by atoms with Gasteiger partial charge in [0.15, 0.2) is 0 Å². The average molecular weight is 190 g/mol. The van der Waals surface area contributed by atoms with Crippen LogP contribution in [-0.2, 0) is 14.2 Å². The number of ether oxygens (including phenoxy) is 3. The Kier molecular flexibility index (Phi) is 3.77. The van der Waals surface area contributed by atoms with Crippen LogP contribution in [0.1, 0.15) is 6.92 Å². The van der Waals surface area contributed by atoms with Gasteiger partial charge in [0, 0.05) is 6.92 Å². The van der Waals surface area contributed by atoms with Gasteiger partial charge in [0.05, 0.1) is 7.11 Å². The predicted octanol–water partition coefficient (Wildman–Crippen LogP) is 1.37. The molecule has 0 aliphatic rings. The summed E-state index contributed by atoms with van der Waals surface area (Å²) in [6.07, 6.45) is -1.60. The Morgan fingerprint density at radius 2 is 2.00 bits per heavy atom. The van der Waals surface area contributed by atoms with Crippen molar-refractivity contribution < 1.29 is 28.9 Å². The van der Waals surface area contributed by atoms with Crippen LogP contribution >= 0.6 is 0 Å². The minimum Gasteiger partial charge on any atom is -0.450 e. The second-order valence-corrected chi connectivity index (χ2v) is 2.14. The van der Waals surface area contributed by atoms with E-state index in [0.717, 1.165) is 13.2 Å². The average Bonchev–Trinajstić information content (AvgIpc) is 2.02. The molecule has 0 aromatic rings. The zero-order valence-electron chi connectivity index (χ0n) is 7.27. The molecule has 0 aromatic heterocycles. The first-order chi connectivity index (χ1) is 5.93. The first-order valence-corrected chi connectivity index (χ1v) is 3.26. The molecule has 0 saturated heterocycles. The van der Waals surface area contributed by atoms with Gasteiger partial charge in [-0.15, -0.1) is 0 Å². The van der Waals surface area contributed by atoms with Crippen molar-refractivity contribution in [2.75, 3.05) is 7.11 Å². The summed E-state index contributed by atoms with van der Waals surface area (Å²) in [6.45, 7) is 4.47. The maximum absolute atomic E-state index is 10.6. The van der Waals surface area contributed by atoms with E-state index in [1.54, 1.807) is 0 Å². The maximum atomic E-state index is 10.6. The monoisotopic (exact) mass is 190 g/mol. The van der Waals surface area contributed by atoms with Crippen molar-refractivity contribution in [1.82, 2.24) is 0 Å². The third-order valence-electron chi connectivity index (χ3n) is 1.11. The molecule has 6 nitrogen and oxygen atoms in total. The van der Waals surface area contributed by atoms with Crippen molar-refractivity contribution in [3.63, 3.8) is 0 Å². The van der Waals surface area contributed by atoms with E-state index in [0.29, 0.717) is 0 Å². The highest BCUT2D eigenvalue weighted by molar-refractivity contribution is 5.62. The summed E-state index contributed by atoms with van der Waals surface area (Å²) in [6, 6.07) is 0. The van der Waals surface area contributed by atoms with Gasteiger partial charge in [0.25, 0.3) is 5.79 Å². The fourth-order valence-electron chi connectivity index (χ4n) is 0.485. The minimum absolute atomic E-state index is 1.03. The topological polar surface area (TPSA) is 82.1 Å². The van der Waals surface area contributed by atoms with Crippen molar-refractivity contribution >= 4 is 12.3 Å². The van der Waals surface area contributed by atoms with Crippen molar-refractivity contribution in [3.8, 4) is 0 Å². The Morgan fingerprint density at radius 1 is 1.46 bits per heavy atom. The number of carboxylic acid groups (broad SMARTS) is 1. The van der Waals surface area contributed by atoms with Crippen molar-refractivity contribution in [2.24, 2.45) is 0 Å². The van der Waals surface area contributed by atoms with Crippen LogP contribution in [0.15, 0.2) is 12.7 Å². The standard InChI is InChI=1S/C7H10O6/c1-4-7(2,12-5(8)9)13-6(10)11-3/h4H,1H2,2-3H3,(H,8,9). The number of hydrogen-bond acceptors (Lipinski definition) is 5. The molecule has 74 valence electrons. The lowest BCUT2D eigenvalue weighted by Crippen LogP contribution is -2.34. The summed E-state index contributed by atoms with van der Waals surface area (Å²) in [4.78, 5) is 20.7. The molecule has 0 aliphatic carbocycles. The highest BCUT2D eigenvalue weighted by Crippen LogP contribution is 2.14. The summed E-state index contributed by atoms with van der Waals surface area (Å²) in [7, 11) is 1.09. The molecular formula is C7H10O6. The molecule has 1 unspecified atom stereocenters. The van der Waals surface area contributed by atoms with Crippen LogP contribution in [0.2, 0.25) is 0 Å². The van der Waals surface area contributed by atoms with Gasteiger partial charge in [0.1, 0.15) is 0 Å². The van der Waals surface area contributed by atoms with Crippen LogP contribution in [0.25, 0.3) is 0 Å². The van der Waals surface area contributed by atoms with Crippen LogP contribution in [0, 0.1) is 0 Å². The highest BCUT2D eigenvalue weighted by Gasteiger charge is 2.30. The Balaban J connectivity index is 4.35. The van der Waals surface area contributed by atoms with Crippen LogP contribution in [0.3, 0.4) is 0 Å². The molecule has 0 amide bonds. The van der Waals surface area contributed by atoms with Gasteiger partial charge in [-0.1, -0.05) is 6.58 Å². The SMILES string of the molecule is C=CC(C)(OC(=O)O)OC(=O)OC. The van der Waals surface area contributed by atoms with E-state index in [1.165, 1.54) is 6.92 Å². The lowest BCUT2D eigenvalue weighted by atomic mass is 10.3. The van der Waals surface area contributed by atoms with Crippen molar-refractivity contribution in [3.05, 3.63) is 12.7 Å². The molecule has 0 saturated carbocycles. The molecule has 0 radical (unpaired) electrons. The summed E-state index contributed by atoms with van der Waals surface area (Å²) in [5.74, 6) is -1.72. The van der Waals surface area contributed by atoms with Crippen LogP contribution in [0.4, 0.5) is 9.59 Å². The van der Waals surface area contributed by atoms with Gasteiger partial charge < -0.3 is 19.3 Å². The zero-order valence-corrected chi connectivity index (χ0v) is 7.27. The third-order valence-corrected chi connectivity index (χ3v) is 1.11. The summed E-state index contributed by atoms with van der Waals surface area (Å²) in [5, 5.41) is 8.26. The second-order valence-electron chi connectivity index (χ2n) is 2.14. The fourth-order valence-corrected chi connectivity index (χ4v) is 0.485. The number of carbonyl (C=O) groups is 2. The lowest BCUT2D eigenvalue weighted by molar-refractivity contribution is -0.139. The molecule has 6 heteroatoms. The van der Waals surface area contributed by atoms with E-state index in [9.17, 15) is 9.59 Å². The largest absolute Gasteiger partial charge is 0.511 e. The van der Waals surface area contributed by atoms with E-state index in [1.807, 2.05) is 0 Å². The van der Waals surface area contributed by atoms with Crippen LogP contribution in [-0.4, -0.2) is 30.3 Å². The molecule has 0 spiro atoms. The molecule has 0 aliphatic heterocycles. The van der Waals surface area contributed by atoms with E-state index in [-0.39, 0.29) is 0 Å². The normalized spacial score (nSPS) is 13.7. The molecule has 0 aromatic carbocycles. The first-order valence-electron chi connectivity index (χ1n) is 3.26. The van der Waals surface area contributed by atoms with Gasteiger partial charge in [0.2, 0.25) is 0 Å². The van der Waals surface area contributed by atoms with Gasteiger partial charge >= 0.3 is 12.3 Å². The Labute approximate surface area is 74.7 Å². The Morgan fingerprint density at radius 3 is 2.31 bits per heavy atom. The molecular weight excluding hydrogens is 180 g/mol. The van der Waals surface area contributed by atoms with E-state index < -0.39 is 18.1 Å². The van der Waals surface area contributed by atoms with E-state index >= 15 is 0 Å². The molecule has 0 fully saturated rings. The molecule has 13 heavy (non-hydrogen) atoms. The summed E-state index contributed by atoms with van der Waals surface area (Å²) < 4.78 is 12.8. The second kappa shape index (κ2) is 4.34. The summed E-state index contributed by atoms with van der Waals surface area (Å²) >= 11 is 0. The third kappa shape index (κ3) is 4.00. The van der Waals surface area contributed by atoms with Crippen molar-refractivity contribution in [1.29, 1.82) is 0 Å². The zero-order chi connectivity index (χ0) is 10.5.